The van der Waals surface area contributed by atoms with Gasteiger partial charge in [0.15, 0.2) is 0 Å². The minimum Gasteiger partial charge on any atom is -0.376 e. The summed E-state index contributed by atoms with van der Waals surface area (Å²) in [6, 6.07) is 15.6. The highest BCUT2D eigenvalue weighted by Gasteiger charge is 2.16. The van der Waals surface area contributed by atoms with E-state index < -0.39 is 0 Å². The van der Waals surface area contributed by atoms with Crippen LogP contribution in [0.15, 0.2) is 54.6 Å². The lowest BCUT2D eigenvalue weighted by Crippen LogP contribution is -2.31. The van der Waals surface area contributed by atoms with Crippen molar-refractivity contribution in [1.82, 2.24) is 5.32 Å². The highest BCUT2D eigenvalue weighted by molar-refractivity contribution is 6.01. The molecule has 3 amide bonds. The van der Waals surface area contributed by atoms with Crippen LogP contribution in [-0.2, 0) is 4.74 Å². The first-order chi connectivity index (χ1) is 12.2. The number of rotatable bonds is 5. The van der Waals surface area contributed by atoms with Crippen molar-refractivity contribution >= 4 is 23.3 Å². The average Bonchev–Trinajstić information content (AvgIpc) is 3.14. The molecule has 0 radical (unpaired) electrons. The first kappa shape index (κ1) is 17.0. The fraction of sp³-hybridized carbons (Fsp3) is 0.263. The van der Waals surface area contributed by atoms with Crippen molar-refractivity contribution in [2.75, 3.05) is 23.8 Å². The lowest BCUT2D eigenvalue weighted by molar-refractivity contribution is 0.0858. The molecule has 0 spiro atoms. The number of para-hydroxylation sites is 1. The topological polar surface area (TPSA) is 79.5 Å². The van der Waals surface area contributed by atoms with E-state index in [1.54, 1.807) is 36.4 Å². The van der Waals surface area contributed by atoms with E-state index in [1.165, 1.54) is 0 Å². The van der Waals surface area contributed by atoms with E-state index in [2.05, 4.69) is 16.0 Å². The zero-order valence-electron chi connectivity index (χ0n) is 13.8. The molecule has 1 aliphatic heterocycles. The summed E-state index contributed by atoms with van der Waals surface area (Å²) in [4.78, 5) is 24.3. The molecule has 1 saturated heterocycles. The van der Waals surface area contributed by atoms with Crippen molar-refractivity contribution in [2.45, 2.75) is 18.9 Å². The predicted octanol–water partition coefficient (Wildman–Crippen LogP) is 3.24. The van der Waals surface area contributed by atoms with Gasteiger partial charge in [-0.05, 0) is 43.2 Å². The third kappa shape index (κ3) is 5.06. The molecule has 6 nitrogen and oxygen atoms in total. The van der Waals surface area contributed by atoms with E-state index in [-0.39, 0.29) is 18.0 Å². The molecular formula is C19H21N3O3. The van der Waals surface area contributed by atoms with Crippen LogP contribution in [0, 0.1) is 0 Å². The van der Waals surface area contributed by atoms with E-state index in [9.17, 15) is 9.59 Å². The zero-order chi connectivity index (χ0) is 17.5. The first-order valence-corrected chi connectivity index (χ1v) is 8.33. The minimum atomic E-state index is -0.358. The number of benzene rings is 2. The molecule has 1 atom stereocenters. The Hall–Kier alpha value is -2.86. The molecular weight excluding hydrogens is 318 g/mol. The molecule has 0 unspecified atom stereocenters. The zero-order valence-corrected chi connectivity index (χ0v) is 13.8. The van der Waals surface area contributed by atoms with Gasteiger partial charge in [0.2, 0.25) is 0 Å². The standard InChI is InChI=1S/C19H21N3O3/c23-18(20-13-17-10-5-11-25-17)14-6-4-9-16(12-14)22-19(24)21-15-7-2-1-3-8-15/h1-4,6-9,12,17H,5,10-11,13H2,(H,20,23)(H2,21,22,24)/t17-/m0/s1. The van der Waals surface area contributed by atoms with Gasteiger partial charge in [0.05, 0.1) is 6.10 Å². The number of carbonyl (C=O) groups is 2. The van der Waals surface area contributed by atoms with E-state index >= 15 is 0 Å². The van der Waals surface area contributed by atoms with Crippen molar-refractivity contribution in [3.63, 3.8) is 0 Å². The number of nitrogens with one attached hydrogen (secondary N) is 3. The van der Waals surface area contributed by atoms with Gasteiger partial charge in [0.25, 0.3) is 5.91 Å². The monoisotopic (exact) mass is 339 g/mol. The van der Waals surface area contributed by atoms with Gasteiger partial charge < -0.3 is 20.7 Å². The lowest BCUT2D eigenvalue weighted by atomic mass is 10.1. The Balaban J connectivity index is 1.55. The Bertz CT molecular complexity index is 728. The van der Waals surface area contributed by atoms with E-state index in [1.807, 2.05) is 18.2 Å². The maximum atomic E-state index is 12.2. The third-order valence-electron chi connectivity index (χ3n) is 3.93. The van der Waals surface area contributed by atoms with Crippen LogP contribution in [-0.4, -0.2) is 31.2 Å². The van der Waals surface area contributed by atoms with Gasteiger partial charge >= 0.3 is 6.03 Å². The van der Waals surface area contributed by atoms with E-state index in [0.717, 1.165) is 19.4 Å². The van der Waals surface area contributed by atoms with E-state index in [0.29, 0.717) is 23.5 Å². The number of hydrogen-bond donors (Lipinski definition) is 3. The Morgan fingerprint density at radius 1 is 1.00 bits per heavy atom. The minimum absolute atomic E-state index is 0.0990. The van der Waals surface area contributed by atoms with Crippen LogP contribution in [0.3, 0.4) is 0 Å². The predicted molar refractivity (Wildman–Crippen MR) is 96.8 cm³/mol. The number of hydrogen-bond acceptors (Lipinski definition) is 3. The van der Waals surface area contributed by atoms with Crippen LogP contribution in [0.5, 0.6) is 0 Å². The number of amides is 3. The van der Waals surface area contributed by atoms with Crippen LogP contribution in [0.1, 0.15) is 23.2 Å². The summed E-state index contributed by atoms with van der Waals surface area (Å²) in [5.41, 5.74) is 1.75. The SMILES string of the molecule is O=C(Nc1ccccc1)Nc1cccc(C(=O)NC[C@@H]2CCCO2)c1. The molecule has 2 aromatic rings. The second-order valence-electron chi connectivity index (χ2n) is 5.87. The average molecular weight is 339 g/mol. The summed E-state index contributed by atoms with van der Waals surface area (Å²) >= 11 is 0. The molecule has 1 aliphatic rings. The van der Waals surface area contributed by atoms with E-state index in [4.69, 9.17) is 4.74 Å². The second kappa shape index (κ2) is 8.30. The summed E-state index contributed by atoms with van der Waals surface area (Å²) in [5, 5.41) is 8.33. The second-order valence-corrected chi connectivity index (χ2v) is 5.87. The molecule has 25 heavy (non-hydrogen) atoms. The molecule has 6 heteroatoms. The number of ether oxygens (including phenoxy) is 1. The van der Waals surface area contributed by atoms with Crippen LogP contribution in [0.2, 0.25) is 0 Å². The van der Waals surface area contributed by atoms with Crippen molar-refractivity contribution < 1.29 is 14.3 Å². The molecule has 3 N–H and O–H groups in total. The van der Waals surface area contributed by atoms with Gasteiger partial charge in [-0.15, -0.1) is 0 Å². The summed E-state index contributed by atoms with van der Waals surface area (Å²) in [6.45, 7) is 1.27. The first-order valence-electron chi connectivity index (χ1n) is 8.33. The number of anilines is 2. The largest absolute Gasteiger partial charge is 0.376 e. The molecule has 2 aromatic carbocycles. The molecule has 3 rings (SSSR count). The Labute approximate surface area is 146 Å². The summed E-state index contributed by atoms with van der Waals surface area (Å²) in [5.74, 6) is -0.178. The highest BCUT2D eigenvalue weighted by atomic mass is 16.5. The van der Waals surface area contributed by atoms with Crippen LogP contribution in [0.4, 0.5) is 16.2 Å². The fourth-order valence-electron chi connectivity index (χ4n) is 2.67. The third-order valence-corrected chi connectivity index (χ3v) is 3.93. The maximum Gasteiger partial charge on any atom is 0.323 e. The molecule has 130 valence electrons. The van der Waals surface area contributed by atoms with Gasteiger partial charge in [0, 0.05) is 30.1 Å². The fourth-order valence-corrected chi connectivity index (χ4v) is 2.67. The summed E-state index contributed by atoms with van der Waals surface area (Å²) in [7, 11) is 0. The smallest absolute Gasteiger partial charge is 0.323 e. The highest BCUT2D eigenvalue weighted by Crippen LogP contribution is 2.13. The van der Waals surface area contributed by atoms with Gasteiger partial charge in [-0.3, -0.25) is 4.79 Å². The lowest BCUT2D eigenvalue weighted by Gasteiger charge is -2.12. The van der Waals surface area contributed by atoms with Crippen LogP contribution < -0.4 is 16.0 Å². The van der Waals surface area contributed by atoms with Gasteiger partial charge in [-0.25, -0.2) is 4.79 Å². The van der Waals surface area contributed by atoms with Crippen LogP contribution in [0.25, 0.3) is 0 Å². The number of urea groups is 1. The van der Waals surface area contributed by atoms with Crippen molar-refractivity contribution in [3.8, 4) is 0 Å². The van der Waals surface area contributed by atoms with Gasteiger partial charge in [0.1, 0.15) is 0 Å². The van der Waals surface area contributed by atoms with Gasteiger partial charge in [-0.2, -0.15) is 0 Å². The Kier molecular flexibility index (Phi) is 5.64. The van der Waals surface area contributed by atoms with Gasteiger partial charge in [-0.1, -0.05) is 24.3 Å². The number of carbonyl (C=O) groups excluding carboxylic acids is 2. The Morgan fingerprint density at radius 2 is 1.76 bits per heavy atom. The normalized spacial score (nSPS) is 16.2. The molecule has 0 aliphatic carbocycles. The quantitative estimate of drug-likeness (QED) is 0.782. The molecule has 1 heterocycles. The Morgan fingerprint density at radius 3 is 2.52 bits per heavy atom. The maximum absolute atomic E-state index is 12.2. The molecule has 1 fully saturated rings. The molecule has 0 bridgehead atoms. The van der Waals surface area contributed by atoms with Crippen LogP contribution >= 0.6 is 0 Å². The summed E-state index contributed by atoms with van der Waals surface area (Å²) < 4.78 is 5.49. The molecule has 0 saturated carbocycles. The van der Waals surface area contributed by atoms with Crippen molar-refractivity contribution in [3.05, 3.63) is 60.2 Å². The van der Waals surface area contributed by atoms with Crippen molar-refractivity contribution in [2.24, 2.45) is 0 Å². The summed E-state index contributed by atoms with van der Waals surface area (Å²) in [6.07, 6.45) is 2.11. The van der Waals surface area contributed by atoms with Crippen molar-refractivity contribution in [1.29, 1.82) is 0 Å². The molecule has 0 aromatic heterocycles.